The van der Waals surface area contributed by atoms with E-state index in [0.29, 0.717) is 0 Å². The number of allylic oxidation sites excluding steroid dienone is 1. The maximum atomic E-state index is 2.67. The van der Waals surface area contributed by atoms with Crippen LogP contribution >= 0.6 is 12.4 Å². The Balaban J connectivity index is 0.000000845. The van der Waals surface area contributed by atoms with Crippen molar-refractivity contribution in [2.45, 2.75) is 44.6 Å². The minimum Gasteiger partial charge on any atom is -0.297 e. The highest BCUT2D eigenvalue weighted by Gasteiger charge is 2.18. The van der Waals surface area contributed by atoms with E-state index in [2.05, 4.69) is 17.1 Å². The molecule has 1 saturated heterocycles. The molecule has 2 rings (SSSR count). The van der Waals surface area contributed by atoms with E-state index in [4.69, 9.17) is 0 Å². The maximum Gasteiger partial charge on any atom is 0.0278 e. The van der Waals surface area contributed by atoms with Crippen LogP contribution in [0, 0.1) is 0 Å². The van der Waals surface area contributed by atoms with E-state index < -0.39 is 0 Å². The summed E-state index contributed by atoms with van der Waals surface area (Å²) in [6.07, 6.45) is 13.2. The summed E-state index contributed by atoms with van der Waals surface area (Å²) in [6, 6.07) is 0.791. The molecule has 2 aliphatic rings. The zero-order chi connectivity index (χ0) is 8.23. The summed E-state index contributed by atoms with van der Waals surface area (Å²) in [6.45, 7) is 2.68. The van der Waals surface area contributed by atoms with Crippen LogP contribution in [0.4, 0.5) is 0 Å². The van der Waals surface area contributed by atoms with Crippen molar-refractivity contribution in [3.63, 3.8) is 0 Å². The third kappa shape index (κ3) is 2.99. The van der Waals surface area contributed by atoms with Crippen LogP contribution in [0.3, 0.4) is 0 Å². The molecule has 0 radical (unpaired) electrons. The van der Waals surface area contributed by atoms with Crippen molar-refractivity contribution in [2.24, 2.45) is 0 Å². The van der Waals surface area contributed by atoms with Crippen molar-refractivity contribution < 1.29 is 0 Å². The fourth-order valence-corrected chi connectivity index (χ4v) is 2.35. The van der Waals surface area contributed by atoms with Gasteiger partial charge in [0.15, 0.2) is 0 Å². The van der Waals surface area contributed by atoms with Gasteiger partial charge in [-0.15, -0.1) is 12.4 Å². The van der Waals surface area contributed by atoms with Crippen LogP contribution < -0.4 is 0 Å². The molecule has 0 aromatic rings. The number of halogens is 1. The molecule has 1 heterocycles. The topological polar surface area (TPSA) is 3.24 Å². The quantitative estimate of drug-likeness (QED) is 0.590. The lowest BCUT2D eigenvalue weighted by Crippen LogP contribution is -2.38. The van der Waals surface area contributed by atoms with Gasteiger partial charge < -0.3 is 0 Å². The summed E-state index contributed by atoms with van der Waals surface area (Å²) in [7, 11) is 0. The van der Waals surface area contributed by atoms with Gasteiger partial charge >= 0.3 is 0 Å². The number of rotatable bonds is 1. The summed E-state index contributed by atoms with van der Waals surface area (Å²) in [5, 5.41) is 0. The normalized spacial score (nSPS) is 29.7. The number of nitrogens with zero attached hydrogens (tertiary/aromatic N) is 1. The molecule has 76 valence electrons. The first-order valence-corrected chi connectivity index (χ1v) is 5.37. The molecule has 1 aliphatic heterocycles. The van der Waals surface area contributed by atoms with Gasteiger partial charge in [0.25, 0.3) is 0 Å². The van der Waals surface area contributed by atoms with E-state index >= 15 is 0 Å². The number of piperidine rings is 1. The second-order valence-electron chi connectivity index (χ2n) is 4.02. The lowest BCUT2D eigenvalue weighted by Gasteiger charge is -2.34. The average Bonchev–Trinajstić information content (AvgIpc) is 2.21. The monoisotopic (exact) mass is 201 g/mol. The highest BCUT2D eigenvalue weighted by Crippen LogP contribution is 2.20. The van der Waals surface area contributed by atoms with Gasteiger partial charge in [-0.2, -0.15) is 0 Å². The van der Waals surface area contributed by atoms with Gasteiger partial charge in [-0.05, 0) is 45.2 Å². The van der Waals surface area contributed by atoms with Gasteiger partial charge in [0.05, 0.1) is 0 Å². The van der Waals surface area contributed by atoms with Crippen LogP contribution in [0.1, 0.15) is 38.5 Å². The summed E-state index contributed by atoms with van der Waals surface area (Å²) in [5.74, 6) is 0. The van der Waals surface area contributed by atoms with E-state index in [-0.39, 0.29) is 12.4 Å². The third-order valence-corrected chi connectivity index (χ3v) is 3.09. The van der Waals surface area contributed by atoms with Gasteiger partial charge in [-0.25, -0.2) is 0 Å². The Morgan fingerprint density at radius 3 is 2.38 bits per heavy atom. The molecule has 0 aromatic carbocycles. The van der Waals surface area contributed by atoms with E-state index in [1.807, 2.05) is 0 Å². The summed E-state index contributed by atoms with van der Waals surface area (Å²) in [5.41, 5.74) is 0. The zero-order valence-electron chi connectivity index (χ0n) is 8.24. The van der Waals surface area contributed by atoms with Gasteiger partial charge in [-0.3, -0.25) is 4.90 Å². The van der Waals surface area contributed by atoms with Gasteiger partial charge in [0.2, 0.25) is 0 Å². The van der Waals surface area contributed by atoms with Crippen LogP contribution in [0.25, 0.3) is 0 Å². The molecule has 1 fully saturated rings. The SMILES string of the molecule is C1=CC(N2CCCCC2)CCC1.Cl. The summed E-state index contributed by atoms with van der Waals surface area (Å²) < 4.78 is 0. The third-order valence-electron chi connectivity index (χ3n) is 3.09. The minimum absolute atomic E-state index is 0. The second kappa shape index (κ2) is 5.66. The maximum absolute atomic E-state index is 2.67. The first-order chi connectivity index (χ1) is 5.97. The van der Waals surface area contributed by atoms with Crippen LogP contribution in [-0.4, -0.2) is 24.0 Å². The van der Waals surface area contributed by atoms with Crippen molar-refractivity contribution in [3.8, 4) is 0 Å². The van der Waals surface area contributed by atoms with Gasteiger partial charge in [0.1, 0.15) is 0 Å². The molecule has 0 spiro atoms. The molecular weight excluding hydrogens is 182 g/mol. The molecule has 0 aromatic heterocycles. The number of hydrogen-bond acceptors (Lipinski definition) is 1. The van der Waals surface area contributed by atoms with E-state index in [0.717, 1.165) is 6.04 Å². The molecule has 0 N–H and O–H groups in total. The molecule has 2 heteroatoms. The van der Waals surface area contributed by atoms with Gasteiger partial charge in [-0.1, -0.05) is 18.6 Å². The Morgan fingerprint density at radius 2 is 1.77 bits per heavy atom. The molecule has 1 nitrogen and oxygen atoms in total. The molecule has 1 atom stereocenters. The number of likely N-dealkylation sites (tertiary alicyclic amines) is 1. The second-order valence-corrected chi connectivity index (χ2v) is 4.02. The van der Waals surface area contributed by atoms with E-state index in [1.54, 1.807) is 0 Å². The standard InChI is InChI=1S/C11H19N.ClH/c1-3-7-11(8-4-1)12-9-5-2-6-10-12;/h3,7,11H,1-2,4-6,8-10H2;1H. The smallest absolute Gasteiger partial charge is 0.0278 e. The largest absolute Gasteiger partial charge is 0.297 e. The lowest BCUT2D eigenvalue weighted by atomic mass is 9.99. The molecule has 13 heavy (non-hydrogen) atoms. The fraction of sp³-hybridized carbons (Fsp3) is 0.818. The van der Waals surface area contributed by atoms with Gasteiger partial charge in [0, 0.05) is 6.04 Å². The molecule has 0 amide bonds. The van der Waals surface area contributed by atoms with Crippen LogP contribution in [0.15, 0.2) is 12.2 Å². The predicted molar refractivity (Wildman–Crippen MR) is 59.5 cm³/mol. The average molecular weight is 202 g/mol. The van der Waals surface area contributed by atoms with Crippen LogP contribution in [0.5, 0.6) is 0 Å². The van der Waals surface area contributed by atoms with Crippen LogP contribution in [0.2, 0.25) is 0 Å². The summed E-state index contributed by atoms with van der Waals surface area (Å²) in [4.78, 5) is 2.67. The first kappa shape index (κ1) is 11.1. The molecule has 1 aliphatic carbocycles. The molecule has 1 unspecified atom stereocenters. The van der Waals surface area contributed by atoms with Crippen LogP contribution in [-0.2, 0) is 0 Å². The Bertz CT molecular complexity index is 161. The highest BCUT2D eigenvalue weighted by atomic mass is 35.5. The first-order valence-electron chi connectivity index (χ1n) is 5.37. The van der Waals surface area contributed by atoms with Crippen molar-refractivity contribution in [3.05, 3.63) is 12.2 Å². The van der Waals surface area contributed by atoms with Crippen molar-refractivity contribution in [2.75, 3.05) is 13.1 Å². The van der Waals surface area contributed by atoms with Crippen molar-refractivity contribution in [1.29, 1.82) is 0 Å². The molecular formula is C11H20ClN. The number of hydrogen-bond donors (Lipinski definition) is 0. The molecule has 0 bridgehead atoms. The lowest BCUT2D eigenvalue weighted by molar-refractivity contribution is 0.179. The van der Waals surface area contributed by atoms with Crippen molar-refractivity contribution in [1.82, 2.24) is 4.90 Å². The highest BCUT2D eigenvalue weighted by molar-refractivity contribution is 5.85. The van der Waals surface area contributed by atoms with Crippen molar-refractivity contribution >= 4 is 12.4 Å². The Morgan fingerprint density at radius 1 is 1.00 bits per heavy atom. The Labute approximate surface area is 87.6 Å². The van der Waals surface area contributed by atoms with E-state index in [9.17, 15) is 0 Å². The fourth-order valence-electron chi connectivity index (χ4n) is 2.35. The Kier molecular flexibility index (Phi) is 4.82. The van der Waals surface area contributed by atoms with E-state index in [1.165, 1.54) is 51.6 Å². The molecule has 0 saturated carbocycles. The predicted octanol–water partition coefficient (Wildman–Crippen LogP) is 3.00. The summed E-state index contributed by atoms with van der Waals surface area (Å²) >= 11 is 0. The minimum atomic E-state index is 0. The zero-order valence-corrected chi connectivity index (χ0v) is 9.06. The Hall–Kier alpha value is -0.0100.